The van der Waals surface area contributed by atoms with E-state index in [0.717, 1.165) is 33.1 Å². The van der Waals surface area contributed by atoms with E-state index in [9.17, 15) is 27.6 Å². The third kappa shape index (κ3) is 6.81. The number of piperidine rings is 1. The Morgan fingerprint density at radius 3 is 2.42 bits per heavy atom. The normalized spacial score (nSPS) is 16.0. The van der Waals surface area contributed by atoms with Gasteiger partial charge >= 0.3 is 11.7 Å². The zero-order valence-electron chi connectivity index (χ0n) is 23.5. The van der Waals surface area contributed by atoms with Gasteiger partial charge in [0.1, 0.15) is 16.4 Å². The van der Waals surface area contributed by atoms with E-state index in [1.54, 1.807) is 23.1 Å². The third-order valence-electron chi connectivity index (χ3n) is 7.87. The van der Waals surface area contributed by atoms with Gasteiger partial charge in [0.25, 0.3) is 5.56 Å². The molecule has 0 bridgehead atoms. The number of hydrogen-bond acceptors (Lipinski definition) is 6. The van der Waals surface area contributed by atoms with Gasteiger partial charge < -0.3 is 15.1 Å². The highest BCUT2D eigenvalue weighted by Crippen LogP contribution is 2.31. The average molecular weight is 649 g/mol. The summed E-state index contributed by atoms with van der Waals surface area (Å²) >= 11 is 12.5. The minimum absolute atomic E-state index is 0.0141. The lowest BCUT2D eigenvalue weighted by Crippen LogP contribution is -2.51. The summed E-state index contributed by atoms with van der Waals surface area (Å²) in [7, 11) is -3.50. The van der Waals surface area contributed by atoms with Gasteiger partial charge in [-0.15, -0.1) is 0 Å². The molecule has 1 N–H and O–H groups in total. The van der Waals surface area contributed by atoms with Crippen molar-refractivity contribution in [3.8, 4) is 11.1 Å². The van der Waals surface area contributed by atoms with Crippen molar-refractivity contribution < 1.29 is 18.0 Å². The number of aromatic nitrogens is 2. The SMILES string of the molecule is CS(=O)(=O)CCn1c(=O)c(-c2cccc(Cl)c2Cl)cn(CC(=O)N2CCC(N3CCc4ccccc4NC3=O)CC2)c1=O. The Morgan fingerprint density at radius 2 is 1.70 bits per heavy atom. The molecule has 1 fully saturated rings. The zero-order valence-corrected chi connectivity index (χ0v) is 25.8. The number of amides is 3. The number of fused-ring (bicyclic) bond motifs is 1. The van der Waals surface area contributed by atoms with E-state index in [4.69, 9.17) is 23.2 Å². The lowest BCUT2D eigenvalue weighted by molar-refractivity contribution is -0.133. The van der Waals surface area contributed by atoms with Crippen LogP contribution in [0.15, 0.2) is 58.3 Å². The average Bonchev–Trinajstić information content (AvgIpc) is 3.13. The molecular weight excluding hydrogens is 617 g/mol. The van der Waals surface area contributed by atoms with Gasteiger partial charge in [-0.3, -0.25) is 18.7 Å². The molecule has 3 aromatic rings. The first kappa shape index (κ1) is 30.8. The van der Waals surface area contributed by atoms with Gasteiger partial charge in [0, 0.05) is 55.9 Å². The summed E-state index contributed by atoms with van der Waals surface area (Å²) in [5, 5.41) is 3.27. The molecule has 11 nitrogen and oxygen atoms in total. The van der Waals surface area contributed by atoms with Gasteiger partial charge in [-0.1, -0.05) is 53.5 Å². The number of nitrogens with zero attached hydrogens (tertiary/aromatic N) is 4. The molecule has 14 heteroatoms. The number of nitrogens with one attached hydrogen (secondary N) is 1. The molecule has 3 heterocycles. The van der Waals surface area contributed by atoms with Crippen LogP contribution in [0.3, 0.4) is 0 Å². The number of hydrogen-bond donors (Lipinski definition) is 1. The number of para-hydroxylation sites is 1. The number of urea groups is 1. The fourth-order valence-corrected chi connectivity index (χ4v) is 6.45. The van der Waals surface area contributed by atoms with Gasteiger partial charge in [-0.25, -0.2) is 18.0 Å². The molecule has 0 atom stereocenters. The molecule has 3 amide bonds. The van der Waals surface area contributed by atoms with Crippen LogP contribution in [-0.2, 0) is 34.1 Å². The molecule has 5 rings (SSSR count). The van der Waals surface area contributed by atoms with E-state index < -0.39 is 26.8 Å². The standard InChI is InChI=1S/C29H31Cl2N5O6S/c1-43(41,42)16-15-36-27(38)22(21-6-4-7-23(30)26(21)31)17-34(29(36)40)18-25(37)33-12-10-20(11-13-33)35-14-9-19-5-2-3-8-24(19)32-28(35)39/h2-8,17,20H,9-16,18H2,1H3,(H,32,39). The monoisotopic (exact) mass is 647 g/mol. The van der Waals surface area contributed by atoms with E-state index in [1.807, 2.05) is 29.2 Å². The second kappa shape index (κ2) is 12.6. The molecular formula is C29H31Cl2N5O6S. The third-order valence-corrected chi connectivity index (χ3v) is 9.61. The molecule has 0 unspecified atom stereocenters. The van der Waals surface area contributed by atoms with Crippen molar-refractivity contribution in [2.75, 3.05) is 37.0 Å². The van der Waals surface area contributed by atoms with Crippen LogP contribution in [0.4, 0.5) is 10.5 Å². The van der Waals surface area contributed by atoms with E-state index in [1.165, 1.54) is 6.20 Å². The predicted molar refractivity (Wildman–Crippen MR) is 166 cm³/mol. The molecule has 228 valence electrons. The molecule has 2 aromatic carbocycles. The Kier molecular flexibility index (Phi) is 9.00. The topological polar surface area (TPSA) is 131 Å². The van der Waals surface area contributed by atoms with Crippen molar-refractivity contribution in [3.05, 3.63) is 85.1 Å². The van der Waals surface area contributed by atoms with E-state index in [0.29, 0.717) is 32.5 Å². The fraction of sp³-hybridized carbons (Fsp3) is 0.379. The van der Waals surface area contributed by atoms with Crippen LogP contribution in [0.5, 0.6) is 0 Å². The predicted octanol–water partition coefficient (Wildman–Crippen LogP) is 3.11. The van der Waals surface area contributed by atoms with Crippen LogP contribution >= 0.6 is 23.2 Å². The summed E-state index contributed by atoms with van der Waals surface area (Å²) in [4.78, 5) is 56.5. The van der Waals surface area contributed by atoms with Crippen LogP contribution in [0.2, 0.25) is 10.0 Å². The van der Waals surface area contributed by atoms with Crippen LogP contribution in [0.25, 0.3) is 11.1 Å². The molecule has 0 aliphatic carbocycles. The van der Waals surface area contributed by atoms with Crippen molar-refractivity contribution in [1.29, 1.82) is 0 Å². The molecule has 2 aliphatic rings. The number of sulfone groups is 1. The summed E-state index contributed by atoms with van der Waals surface area (Å²) in [5.74, 6) is -0.782. The second-order valence-electron chi connectivity index (χ2n) is 10.8. The van der Waals surface area contributed by atoms with Crippen molar-refractivity contribution in [2.45, 2.75) is 38.4 Å². The van der Waals surface area contributed by atoms with Crippen molar-refractivity contribution in [1.82, 2.24) is 18.9 Å². The minimum Gasteiger partial charge on any atom is -0.341 e. The quantitative estimate of drug-likeness (QED) is 0.419. The largest absolute Gasteiger partial charge is 0.341 e. The fourth-order valence-electron chi connectivity index (χ4n) is 5.53. The van der Waals surface area contributed by atoms with Crippen LogP contribution in [0.1, 0.15) is 18.4 Å². The maximum Gasteiger partial charge on any atom is 0.331 e. The Balaban J connectivity index is 1.34. The first-order valence-electron chi connectivity index (χ1n) is 13.8. The van der Waals surface area contributed by atoms with Gasteiger partial charge in [0.2, 0.25) is 5.91 Å². The van der Waals surface area contributed by atoms with Crippen LogP contribution in [0, 0.1) is 0 Å². The number of likely N-dealkylation sites (tertiary alicyclic amines) is 1. The molecule has 1 aromatic heterocycles. The number of anilines is 1. The molecule has 1 saturated heterocycles. The summed E-state index contributed by atoms with van der Waals surface area (Å²) < 4.78 is 25.6. The highest BCUT2D eigenvalue weighted by atomic mass is 35.5. The first-order valence-corrected chi connectivity index (χ1v) is 16.6. The molecule has 2 aliphatic heterocycles. The van der Waals surface area contributed by atoms with Gasteiger partial charge in [0.15, 0.2) is 0 Å². The lowest BCUT2D eigenvalue weighted by Gasteiger charge is -2.38. The Morgan fingerprint density at radius 1 is 0.977 bits per heavy atom. The highest BCUT2D eigenvalue weighted by molar-refractivity contribution is 7.90. The van der Waals surface area contributed by atoms with Gasteiger partial charge in [-0.05, 0) is 37.0 Å². The van der Waals surface area contributed by atoms with Crippen LogP contribution < -0.4 is 16.6 Å². The number of benzene rings is 2. The molecule has 0 spiro atoms. The maximum absolute atomic E-state index is 13.4. The maximum atomic E-state index is 13.4. The second-order valence-corrected chi connectivity index (χ2v) is 13.8. The minimum atomic E-state index is -3.50. The molecule has 0 radical (unpaired) electrons. The van der Waals surface area contributed by atoms with E-state index in [2.05, 4.69) is 5.32 Å². The Bertz CT molecular complexity index is 1800. The summed E-state index contributed by atoms with van der Waals surface area (Å²) in [6.07, 6.45) is 4.15. The smallest absolute Gasteiger partial charge is 0.331 e. The van der Waals surface area contributed by atoms with E-state index >= 15 is 0 Å². The molecule has 0 saturated carbocycles. The van der Waals surface area contributed by atoms with Crippen LogP contribution in [-0.4, -0.2) is 77.0 Å². The lowest BCUT2D eigenvalue weighted by atomic mass is 10.0. The summed E-state index contributed by atoms with van der Waals surface area (Å²) in [5.41, 5.74) is 0.615. The van der Waals surface area contributed by atoms with Gasteiger partial charge in [-0.2, -0.15) is 0 Å². The zero-order chi connectivity index (χ0) is 30.9. The van der Waals surface area contributed by atoms with Crippen molar-refractivity contribution in [3.63, 3.8) is 0 Å². The van der Waals surface area contributed by atoms with E-state index in [-0.39, 0.29) is 52.2 Å². The Labute approximate surface area is 258 Å². The Hall–Kier alpha value is -3.61. The van der Waals surface area contributed by atoms with Crippen molar-refractivity contribution in [2.24, 2.45) is 0 Å². The summed E-state index contributed by atoms with van der Waals surface area (Å²) in [6, 6.07) is 12.2. The number of carbonyl (C=O) groups is 2. The number of carbonyl (C=O) groups excluding carboxylic acids is 2. The highest BCUT2D eigenvalue weighted by Gasteiger charge is 2.31. The first-order chi connectivity index (χ1) is 20.4. The van der Waals surface area contributed by atoms with Crippen molar-refractivity contribution >= 4 is 50.7 Å². The van der Waals surface area contributed by atoms with Gasteiger partial charge in [0.05, 0.1) is 21.4 Å². The number of rotatable bonds is 7. The number of halogens is 2. The summed E-state index contributed by atoms with van der Waals surface area (Å²) in [6.45, 7) is 0.587. The molecule has 43 heavy (non-hydrogen) atoms.